The molecule has 0 aliphatic carbocycles. The molecule has 0 spiro atoms. The number of thioether (sulfide) groups is 1. The minimum Gasteiger partial charge on any atom is -0.550 e. The van der Waals surface area contributed by atoms with E-state index < -0.39 is 11.2 Å². The summed E-state index contributed by atoms with van der Waals surface area (Å²) < 4.78 is 14.7. The number of carbonyl (C=O) groups is 1. The number of aromatic nitrogens is 3. The van der Waals surface area contributed by atoms with Crippen LogP contribution in [0.4, 0.5) is 4.39 Å². The van der Waals surface area contributed by atoms with Crippen molar-refractivity contribution >= 4 is 35.0 Å². The largest absolute Gasteiger partial charge is 0.550 e. The van der Waals surface area contributed by atoms with Crippen LogP contribution in [0.1, 0.15) is 12.0 Å². The molecule has 1 aromatic heterocycles. The Bertz CT molecular complexity index is 1030. The predicted octanol–water partition coefficient (Wildman–Crippen LogP) is 2.60. The first-order chi connectivity index (χ1) is 13.0. The lowest BCUT2D eigenvalue weighted by Crippen LogP contribution is -2.32. The molecule has 27 heavy (non-hydrogen) atoms. The third kappa shape index (κ3) is 3.58. The van der Waals surface area contributed by atoms with Gasteiger partial charge in [-0.1, -0.05) is 35.5 Å². The van der Waals surface area contributed by atoms with E-state index in [-0.39, 0.29) is 12.2 Å². The third-order valence-corrected chi connectivity index (χ3v) is 5.36. The second kappa shape index (κ2) is 7.13. The first kappa shape index (κ1) is 17.7. The summed E-state index contributed by atoms with van der Waals surface area (Å²) in [7, 11) is 0. The van der Waals surface area contributed by atoms with Crippen LogP contribution in [0, 0.1) is 5.82 Å². The van der Waals surface area contributed by atoms with Gasteiger partial charge >= 0.3 is 0 Å². The number of aliphatic carboxylic acids is 1. The maximum absolute atomic E-state index is 13.2. The molecule has 0 fully saturated rings. The highest BCUT2D eigenvalue weighted by atomic mass is 35.5. The Morgan fingerprint density at radius 2 is 1.78 bits per heavy atom. The van der Waals surface area contributed by atoms with Crippen molar-refractivity contribution in [1.29, 1.82) is 0 Å². The number of hydrogen-bond donors (Lipinski definition) is 0. The van der Waals surface area contributed by atoms with E-state index in [1.54, 1.807) is 36.4 Å². The van der Waals surface area contributed by atoms with Crippen LogP contribution in [0.3, 0.4) is 0 Å². The summed E-state index contributed by atoms with van der Waals surface area (Å²) in [6, 6.07) is 12.8. The third-order valence-electron chi connectivity index (χ3n) is 3.97. The van der Waals surface area contributed by atoms with Crippen LogP contribution in [0.2, 0.25) is 5.02 Å². The van der Waals surface area contributed by atoms with Crippen LogP contribution in [0.25, 0.3) is 11.4 Å². The second-order valence-corrected chi connectivity index (χ2v) is 7.41. The van der Waals surface area contributed by atoms with E-state index in [1.165, 1.54) is 28.6 Å². The molecule has 2 heterocycles. The van der Waals surface area contributed by atoms with Crippen molar-refractivity contribution in [2.45, 2.75) is 16.8 Å². The quantitative estimate of drug-likeness (QED) is 0.671. The number of halogens is 2. The topological polar surface area (TPSA) is 83.2 Å². The number of carboxylic acid groups (broad SMARTS) is 1. The van der Waals surface area contributed by atoms with Crippen LogP contribution >= 0.6 is 23.4 Å². The number of carbonyl (C=O) groups excluding carboxylic acids is 1. The van der Waals surface area contributed by atoms with Gasteiger partial charge in [0.15, 0.2) is 5.82 Å². The van der Waals surface area contributed by atoms with Gasteiger partial charge in [-0.25, -0.2) is 4.39 Å². The van der Waals surface area contributed by atoms with Gasteiger partial charge < -0.3 is 9.90 Å². The molecule has 3 aromatic rings. The van der Waals surface area contributed by atoms with E-state index in [1.807, 2.05) is 0 Å². The van der Waals surface area contributed by atoms with Crippen LogP contribution in [-0.2, 0) is 4.79 Å². The van der Waals surface area contributed by atoms with Crippen LogP contribution in [0.15, 0.2) is 58.8 Å². The number of fused-ring (bicyclic) bond motifs is 1. The molecule has 136 valence electrons. The monoisotopic (exact) mass is 401 g/mol. The van der Waals surface area contributed by atoms with E-state index in [9.17, 15) is 14.3 Å². The smallest absolute Gasteiger partial charge is 0.213 e. The summed E-state index contributed by atoms with van der Waals surface area (Å²) in [5, 5.41) is 24.6. The maximum Gasteiger partial charge on any atom is 0.213 e. The zero-order chi connectivity index (χ0) is 19.0. The SMILES string of the molecule is O=C([O-])C[C@@H]1Sc2nnc(-c3ccc(F)cc3)n2N=C1c1ccc(Cl)cc1. The van der Waals surface area contributed by atoms with Gasteiger partial charge in [0.2, 0.25) is 5.16 Å². The number of rotatable bonds is 4. The highest BCUT2D eigenvalue weighted by Gasteiger charge is 2.29. The average Bonchev–Trinajstić information content (AvgIpc) is 3.05. The Kier molecular flexibility index (Phi) is 4.67. The van der Waals surface area contributed by atoms with Crippen LogP contribution in [-0.4, -0.2) is 31.8 Å². The average molecular weight is 402 g/mol. The molecule has 1 aliphatic heterocycles. The Balaban J connectivity index is 1.81. The first-order valence-corrected chi connectivity index (χ1v) is 9.19. The van der Waals surface area contributed by atoms with Gasteiger partial charge in [0.1, 0.15) is 5.82 Å². The van der Waals surface area contributed by atoms with Crippen molar-refractivity contribution < 1.29 is 14.3 Å². The fraction of sp³-hybridized carbons (Fsp3) is 0.111. The van der Waals surface area contributed by atoms with Gasteiger partial charge in [0.25, 0.3) is 0 Å². The minimum atomic E-state index is -1.18. The van der Waals surface area contributed by atoms with Gasteiger partial charge in [-0.3, -0.25) is 0 Å². The predicted molar refractivity (Wildman–Crippen MR) is 98.1 cm³/mol. The molecule has 0 amide bonds. The van der Waals surface area contributed by atoms with Crippen molar-refractivity contribution in [3.63, 3.8) is 0 Å². The maximum atomic E-state index is 13.2. The lowest BCUT2D eigenvalue weighted by Gasteiger charge is -2.23. The summed E-state index contributed by atoms with van der Waals surface area (Å²) in [4.78, 5) is 11.2. The van der Waals surface area contributed by atoms with E-state index in [0.717, 1.165) is 5.56 Å². The Morgan fingerprint density at radius 1 is 1.11 bits per heavy atom. The molecular weight excluding hydrogens is 391 g/mol. The molecule has 0 bridgehead atoms. The summed E-state index contributed by atoms with van der Waals surface area (Å²) in [6.07, 6.45) is -0.217. The summed E-state index contributed by atoms with van der Waals surface area (Å²) >= 11 is 7.19. The zero-order valence-electron chi connectivity index (χ0n) is 13.7. The molecule has 1 atom stereocenters. The molecule has 2 aromatic carbocycles. The van der Waals surface area contributed by atoms with E-state index in [2.05, 4.69) is 15.3 Å². The van der Waals surface area contributed by atoms with E-state index in [0.29, 0.717) is 27.3 Å². The van der Waals surface area contributed by atoms with Gasteiger partial charge in [0, 0.05) is 23.0 Å². The van der Waals surface area contributed by atoms with Crippen LogP contribution < -0.4 is 5.11 Å². The van der Waals surface area contributed by atoms with E-state index in [4.69, 9.17) is 11.6 Å². The fourth-order valence-electron chi connectivity index (χ4n) is 2.72. The van der Waals surface area contributed by atoms with Gasteiger partial charge in [-0.05, 0) is 42.0 Å². The molecule has 0 radical (unpaired) electrons. The molecule has 0 N–H and O–H groups in total. The lowest BCUT2D eigenvalue weighted by atomic mass is 10.1. The van der Waals surface area contributed by atoms with Gasteiger partial charge in [-0.2, -0.15) is 9.78 Å². The Hall–Kier alpha value is -2.71. The number of benzene rings is 2. The van der Waals surface area contributed by atoms with Crippen molar-refractivity contribution in [2.75, 3.05) is 0 Å². The highest BCUT2D eigenvalue weighted by molar-refractivity contribution is 8.00. The molecule has 6 nitrogen and oxygen atoms in total. The van der Waals surface area contributed by atoms with Gasteiger partial charge in [-0.15, -0.1) is 10.2 Å². The number of nitrogens with zero attached hydrogens (tertiary/aromatic N) is 4. The van der Waals surface area contributed by atoms with E-state index >= 15 is 0 Å². The fourth-order valence-corrected chi connectivity index (χ4v) is 3.93. The summed E-state index contributed by atoms with van der Waals surface area (Å²) in [5.74, 6) is -1.09. The van der Waals surface area contributed by atoms with Crippen LogP contribution in [0.5, 0.6) is 0 Å². The highest BCUT2D eigenvalue weighted by Crippen LogP contribution is 2.34. The Labute approximate surface area is 162 Å². The molecule has 0 saturated carbocycles. The normalized spacial score (nSPS) is 15.9. The minimum absolute atomic E-state index is 0.217. The standard InChI is InChI=1S/C18H12ClFN4O2S/c19-12-5-1-10(2-6-12)16-14(9-15(25)26)27-18-22-21-17(24(18)23-16)11-3-7-13(20)8-4-11/h1-8,14H,9H2,(H,25,26)/p-1/t14-/m0/s1. The first-order valence-electron chi connectivity index (χ1n) is 7.94. The summed E-state index contributed by atoms with van der Waals surface area (Å²) in [6.45, 7) is 0. The molecule has 1 aliphatic rings. The molecule has 0 unspecified atom stereocenters. The molecule has 9 heteroatoms. The van der Waals surface area contributed by atoms with Crippen molar-refractivity contribution in [3.05, 3.63) is 64.9 Å². The molecule has 0 saturated heterocycles. The van der Waals surface area contributed by atoms with Crippen molar-refractivity contribution in [2.24, 2.45) is 5.10 Å². The second-order valence-electron chi connectivity index (χ2n) is 5.80. The number of carboxylic acids is 1. The molecule has 4 rings (SSSR count). The Morgan fingerprint density at radius 3 is 2.44 bits per heavy atom. The lowest BCUT2D eigenvalue weighted by molar-refractivity contribution is -0.305. The molecular formula is C18H11ClFN4O2S-. The summed E-state index contributed by atoms with van der Waals surface area (Å²) in [5.41, 5.74) is 1.94. The number of hydrogen-bond acceptors (Lipinski definition) is 6. The van der Waals surface area contributed by atoms with Crippen molar-refractivity contribution in [3.8, 4) is 11.4 Å². The zero-order valence-corrected chi connectivity index (χ0v) is 15.2. The van der Waals surface area contributed by atoms with Gasteiger partial charge in [0.05, 0.1) is 11.0 Å². The van der Waals surface area contributed by atoms with Crippen molar-refractivity contribution in [1.82, 2.24) is 14.9 Å².